The van der Waals surface area contributed by atoms with E-state index < -0.39 is 0 Å². The molecule has 0 spiro atoms. The smallest absolute Gasteiger partial charge is 0.348 e. The zero-order valence-electron chi connectivity index (χ0n) is 12.0. The molecular weight excluding hydrogens is 254 g/mol. The van der Waals surface area contributed by atoms with Crippen LogP contribution in [-0.2, 0) is 13.1 Å². The molecule has 1 aromatic carbocycles. The van der Waals surface area contributed by atoms with E-state index in [-0.39, 0.29) is 5.69 Å². The minimum atomic E-state index is -0.232. The maximum absolute atomic E-state index is 11.9. The summed E-state index contributed by atoms with van der Waals surface area (Å²) in [5.41, 5.74) is 8.97. The number of nitrogens with zero attached hydrogens (tertiary/aromatic N) is 2. The average Bonchev–Trinajstić information content (AvgIpc) is 2.42. The number of methoxy groups -OCH3 is 1. The van der Waals surface area contributed by atoms with E-state index in [0.717, 1.165) is 28.3 Å². The normalized spacial score (nSPS) is 10.6. The van der Waals surface area contributed by atoms with Gasteiger partial charge in [-0.1, -0.05) is 12.1 Å². The van der Waals surface area contributed by atoms with Gasteiger partial charge in [-0.25, -0.2) is 4.79 Å². The van der Waals surface area contributed by atoms with Gasteiger partial charge >= 0.3 is 5.69 Å². The molecule has 0 unspecified atom stereocenters. The Morgan fingerprint density at radius 1 is 1.30 bits per heavy atom. The second-order valence-corrected chi connectivity index (χ2v) is 4.76. The first kappa shape index (κ1) is 14.3. The Bertz CT molecular complexity index is 677. The van der Waals surface area contributed by atoms with Crippen LogP contribution in [0.2, 0.25) is 0 Å². The largest absolute Gasteiger partial charge is 0.496 e. The van der Waals surface area contributed by atoms with Gasteiger partial charge in [0.1, 0.15) is 5.75 Å². The van der Waals surface area contributed by atoms with Crippen molar-refractivity contribution >= 4 is 0 Å². The molecule has 5 nitrogen and oxygen atoms in total. The molecule has 5 heteroatoms. The fourth-order valence-electron chi connectivity index (χ4n) is 2.21. The highest BCUT2D eigenvalue weighted by atomic mass is 16.5. The predicted octanol–water partition coefficient (Wildman–Crippen LogP) is 1.38. The van der Waals surface area contributed by atoms with Crippen LogP contribution in [-0.4, -0.2) is 16.7 Å². The monoisotopic (exact) mass is 273 g/mol. The molecule has 2 aromatic rings. The van der Waals surface area contributed by atoms with Crippen molar-refractivity contribution in [2.75, 3.05) is 7.11 Å². The van der Waals surface area contributed by atoms with Crippen LogP contribution in [0.15, 0.2) is 29.1 Å². The molecule has 0 saturated carbocycles. The summed E-state index contributed by atoms with van der Waals surface area (Å²) in [6.07, 6.45) is 0. The third kappa shape index (κ3) is 2.88. The van der Waals surface area contributed by atoms with E-state index in [4.69, 9.17) is 10.5 Å². The maximum Gasteiger partial charge on any atom is 0.348 e. The lowest BCUT2D eigenvalue weighted by molar-refractivity contribution is 0.409. The van der Waals surface area contributed by atoms with E-state index in [1.807, 2.05) is 38.1 Å². The van der Waals surface area contributed by atoms with Crippen LogP contribution < -0.4 is 16.2 Å². The third-order valence-corrected chi connectivity index (χ3v) is 3.26. The van der Waals surface area contributed by atoms with Gasteiger partial charge in [0.15, 0.2) is 0 Å². The number of rotatable bonds is 4. The minimum Gasteiger partial charge on any atom is -0.496 e. The van der Waals surface area contributed by atoms with Crippen molar-refractivity contribution in [1.82, 2.24) is 9.55 Å². The number of aromatic nitrogens is 2. The molecule has 2 N–H and O–H groups in total. The van der Waals surface area contributed by atoms with Gasteiger partial charge in [-0.05, 0) is 31.5 Å². The Kier molecular flexibility index (Phi) is 4.20. The molecule has 0 atom stereocenters. The van der Waals surface area contributed by atoms with Crippen LogP contribution in [0.5, 0.6) is 5.75 Å². The van der Waals surface area contributed by atoms with Crippen molar-refractivity contribution < 1.29 is 4.74 Å². The molecule has 0 saturated heterocycles. The summed E-state index contributed by atoms with van der Waals surface area (Å²) in [6, 6.07) is 7.69. The van der Waals surface area contributed by atoms with E-state index in [9.17, 15) is 4.79 Å². The molecule has 1 aromatic heterocycles. The van der Waals surface area contributed by atoms with Crippen molar-refractivity contribution in [3.8, 4) is 5.75 Å². The van der Waals surface area contributed by atoms with Gasteiger partial charge < -0.3 is 10.5 Å². The lowest BCUT2D eigenvalue weighted by Gasteiger charge is -2.12. The van der Waals surface area contributed by atoms with E-state index >= 15 is 0 Å². The van der Waals surface area contributed by atoms with Crippen LogP contribution in [0.3, 0.4) is 0 Å². The molecule has 0 radical (unpaired) electrons. The molecule has 0 bridgehead atoms. The fourth-order valence-corrected chi connectivity index (χ4v) is 2.21. The van der Waals surface area contributed by atoms with Gasteiger partial charge in [-0.15, -0.1) is 0 Å². The Labute approximate surface area is 118 Å². The Morgan fingerprint density at radius 3 is 2.65 bits per heavy atom. The molecule has 2 rings (SSSR count). The molecule has 0 aliphatic rings. The highest BCUT2D eigenvalue weighted by Crippen LogP contribution is 2.20. The lowest BCUT2D eigenvalue weighted by Crippen LogP contribution is -2.26. The topological polar surface area (TPSA) is 70.1 Å². The van der Waals surface area contributed by atoms with Gasteiger partial charge in [-0.3, -0.25) is 4.57 Å². The van der Waals surface area contributed by atoms with Crippen LogP contribution in [0.4, 0.5) is 0 Å². The summed E-state index contributed by atoms with van der Waals surface area (Å²) in [6.45, 7) is 4.62. The second-order valence-electron chi connectivity index (χ2n) is 4.76. The minimum absolute atomic E-state index is 0.232. The number of hydrogen-bond acceptors (Lipinski definition) is 4. The number of aryl methyl sites for hydroxylation is 2. The number of benzene rings is 1. The zero-order chi connectivity index (χ0) is 14.7. The molecule has 0 aliphatic carbocycles. The molecule has 0 amide bonds. The molecule has 20 heavy (non-hydrogen) atoms. The van der Waals surface area contributed by atoms with Crippen LogP contribution in [0.25, 0.3) is 0 Å². The number of hydrogen-bond donors (Lipinski definition) is 1. The molecule has 0 aliphatic heterocycles. The van der Waals surface area contributed by atoms with E-state index in [0.29, 0.717) is 13.1 Å². The van der Waals surface area contributed by atoms with Crippen molar-refractivity contribution in [2.45, 2.75) is 26.9 Å². The molecule has 106 valence electrons. The van der Waals surface area contributed by atoms with Crippen molar-refractivity contribution in [3.63, 3.8) is 0 Å². The van der Waals surface area contributed by atoms with Crippen molar-refractivity contribution in [3.05, 3.63) is 57.3 Å². The summed E-state index contributed by atoms with van der Waals surface area (Å²) in [5, 5.41) is 0. The summed E-state index contributed by atoms with van der Waals surface area (Å²) in [4.78, 5) is 15.9. The number of nitrogens with two attached hydrogens (primary N) is 1. The van der Waals surface area contributed by atoms with E-state index in [1.165, 1.54) is 0 Å². The number of ether oxygens (including phenoxy) is 1. The SMILES string of the molecule is COc1cc(Cn2c(C)cc(C)nc2=O)ccc1CN. The van der Waals surface area contributed by atoms with Crippen molar-refractivity contribution in [2.24, 2.45) is 5.73 Å². The quantitative estimate of drug-likeness (QED) is 0.913. The fraction of sp³-hybridized carbons (Fsp3) is 0.333. The average molecular weight is 273 g/mol. The molecule has 1 heterocycles. The first-order valence-corrected chi connectivity index (χ1v) is 6.46. The maximum atomic E-state index is 11.9. The first-order chi connectivity index (χ1) is 9.55. The highest BCUT2D eigenvalue weighted by molar-refractivity contribution is 5.37. The van der Waals surface area contributed by atoms with Gasteiger partial charge in [0.05, 0.1) is 13.7 Å². The summed E-state index contributed by atoms with van der Waals surface area (Å²) >= 11 is 0. The molecule has 0 fully saturated rings. The first-order valence-electron chi connectivity index (χ1n) is 6.46. The standard InChI is InChI=1S/C15H19N3O2/c1-10-6-11(2)18(15(19)17-10)9-12-4-5-13(8-16)14(7-12)20-3/h4-7H,8-9,16H2,1-3H3. The molecular formula is C15H19N3O2. The predicted molar refractivity (Wildman–Crippen MR) is 78.0 cm³/mol. The van der Waals surface area contributed by atoms with Gasteiger partial charge in [0.25, 0.3) is 0 Å². The summed E-state index contributed by atoms with van der Waals surface area (Å²) in [5.74, 6) is 0.746. The summed E-state index contributed by atoms with van der Waals surface area (Å²) < 4.78 is 6.95. The van der Waals surface area contributed by atoms with E-state index in [2.05, 4.69) is 4.98 Å². The Hall–Kier alpha value is -2.14. The second kappa shape index (κ2) is 5.88. The lowest BCUT2D eigenvalue weighted by atomic mass is 10.1. The van der Waals surface area contributed by atoms with Gasteiger partial charge in [0, 0.05) is 23.5 Å². The van der Waals surface area contributed by atoms with Gasteiger partial charge in [0.2, 0.25) is 0 Å². The van der Waals surface area contributed by atoms with E-state index in [1.54, 1.807) is 11.7 Å². The third-order valence-electron chi connectivity index (χ3n) is 3.26. The Morgan fingerprint density at radius 2 is 2.05 bits per heavy atom. The van der Waals surface area contributed by atoms with Crippen LogP contribution >= 0.6 is 0 Å². The van der Waals surface area contributed by atoms with Crippen LogP contribution in [0, 0.1) is 13.8 Å². The highest BCUT2D eigenvalue weighted by Gasteiger charge is 2.07. The van der Waals surface area contributed by atoms with Crippen molar-refractivity contribution in [1.29, 1.82) is 0 Å². The van der Waals surface area contributed by atoms with Gasteiger partial charge in [-0.2, -0.15) is 4.98 Å². The zero-order valence-corrected chi connectivity index (χ0v) is 12.0. The summed E-state index contributed by atoms with van der Waals surface area (Å²) in [7, 11) is 1.61. The van der Waals surface area contributed by atoms with Crippen LogP contribution in [0.1, 0.15) is 22.5 Å². The Balaban J connectivity index is 2.38.